The quantitative estimate of drug-likeness (QED) is 0.433. The summed E-state index contributed by atoms with van der Waals surface area (Å²) in [6, 6.07) is 2.87. The molecule has 7 heteroatoms. The first kappa shape index (κ1) is 21.4. The maximum Gasteiger partial charge on any atom is 0.295 e. The van der Waals surface area contributed by atoms with Crippen molar-refractivity contribution in [2.45, 2.75) is 53.0 Å². The van der Waals surface area contributed by atoms with Crippen LogP contribution in [-0.2, 0) is 9.59 Å². The highest BCUT2D eigenvalue weighted by molar-refractivity contribution is 6.46. The monoisotopic (exact) mass is 425 g/mol. The number of rotatable bonds is 5. The van der Waals surface area contributed by atoms with Gasteiger partial charge in [0.1, 0.15) is 23.3 Å². The summed E-state index contributed by atoms with van der Waals surface area (Å²) in [5.74, 6) is -0.189. The summed E-state index contributed by atoms with van der Waals surface area (Å²) in [6.45, 7) is 10.6. The minimum Gasteiger partial charge on any atom is -0.507 e. The second-order valence-corrected chi connectivity index (χ2v) is 8.72. The standard InChI is InChI=1S/C24H31N3O4/c1-14-8-9-18(31-14)21-20(22(28)19-15(2)16(3)25-17(19)4)23(29)24(30)27(21)13-12-26-10-6-5-7-11-26/h8-9,21,25,28H,5-7,10-13H2,1-4H3/b22-20+. The number of ketones is 1. The van der Waals surface area contributed by atoms with Crippen molar-refractivity contribution >= 4 is 17.4 Å². The molecule has 1 amide bonds. The summed E-state index contributed by atoms with van der Waals surface area (Å²) in [7, 11) is 0. The number of carbonyl (C=O) groups is 2. The third kappa shape index (κ3) is 3.82. The van der Waals surface area contributed by atoms with Crippen molar-refractivity contribution in [3.05, 3.63) is 51.7 Å². The fourth-order valence-corrected chi connectivity index (χ4v) is 4.84. The molecule has 2 aliphatic heterocycles. The smallest absolute Gasteiger partial charge is 0.295 e. The average molecular weight is 426 g/mol. The maximum atomic E-state index is 13.1. The van der Waals surface area contributed by atoms with Crippen LogP contribution in [0.2, 0.25) is 0 Å². The van der Waals surface area contributed by atoms with E-state index in [0.29, 0.717) is 30.2 Å². The predicted octanol–water partition coefficient (Wildman–Crippen LogP) is 3.75. The van der Waals surface area contributed by atoms with Crippen LogP contribution < -0.4 is 0 Å². The number of aryl methyl sites for hydroxylation is 3. The van der Waals surface area contributed by atoms with Crippen LogP contribution in [0.1, 0.15) is 59.3 Å². The molecule has 166 valence electrons. The third-order valence-electron chi connectivity index (χ3n) is 6.60. The molecule has 4 heterocycles. The summed E-state index contributed by atoms with van der Waals surface area (Å²) in [6.07, 6.45) is 3.55. The van der Waals surface area contributed by atoms with Gasteiger partial charge in [-0.3, -0.25) is 9.59 Å². The molecule has 2 saturated heterocycles. The molecule has 0 spiro atoms. The Labute approximate surface area is 182 Å². The highest BCUT2D eigenvalue weighted by Gasteiger charge is 2.47. The zero-order chi connectivity index (χ0) is 22.3. The fraction of sp³-hybridized carbons (Fsp3) is 0.500. The number of Topliss-reactive ketones (excluding diaryl/α,β-unsaturated/α-hetero) is 1. The molecule has 2 fully saturated rings. The van der Waals surface area contributed by atoms with Crippen LogP contribution in [0.15, 0.2) is 22.1 Å². The van der Waals surface area contributed by atoms with E-state index in [1.807, 2.05) is 33.8 Å². The van der Waals surface area contributed by atoms with Crippen LogP contribution in [0.5, 0.6) is 0 Å². The van der Waals surface area contributed by atoms with E-state index in [2.05, 4.69) is 9.88 Å². The Hall–Kier alpha value is -2.80. The van der Waals surface area contributed by atoms with Crippen LogP contribution in [0.4, 0.5) is 0 Å². The van der Waals surface area contributed by atoms with Gasteiger partial charge in [0, 0.05) is 30.0 Å². The molecule has 0 aliphatic carbocycles. The number of furan rings is 1. The van der Waals surface area contributed by atoms with Gasteiger partial charge in [-0.25, -0.2) is 0 Å². The second kappa shape index (κ2) is 8.38. The van der Waals surface area contributed by atoms with Gasteiger partial charge in [0.15, 0.2) is 0 Å². The predicted molar refractivity (Wildman–Crippen MR) is 118 cm³/mol. The average Bonchev–Trinajstić information content (AvgIpc) is 3.36. The van der Waals surface area contributed by atoms with Crippen LogP contribution in [0.25, 0.3) is 5.76 Å². The van der Waals surface area contributed by atoms with Gasteiger partial charge in [-0.05, 0) is 71.3 Å². The lowest BCUT2D eigenvalue weighted by Crippen LogP contribution is -2.39. The molecule has 0 saturated carbocycles. The van der Waals surface area contributed by atoms with Gasteiger partial charge < -0.3 is 24.3 Å². The second-order valence-electron chi connectivity index (χ2n) is 8.72. The third-order valence-corrected chi connectivity index (χ3v) is 6.60. The van der Waals surface area contributed by atoms with Gasteiger partial charge in [0.2, 0.25) is 0 Å². The van der Waals surface area contributed by atoms with Gasteiger partial charge in [-0.15, -0.1) is 0 Å². The summed E-state index contributed by atoms with van der Waals surface area (Å²) >= 11 is 0. The van der Waals surface area contributed by atoms with E-state index in [0.717, 1.165) is 42.9 Å². The number of nitrogens with zero attached hydrogens (tertiary/aromatic N) is 2. The number of aliphatic hydroxyl groups is 1. The summed E-state index contributed by atoms with van der Waals surface area (Å²) in [5, 5.41) is 11.3. The number of hydrogen-bond donors (Lipinski definition) is 2. The van der Waals surface area contributed by atoms with Crippen LogP contribution in [-0.4, -0.2) is 57.8 Å². The molecule has 2 aromatic rings. The van der Waals surface area contributed by atoms with Crippen molar-refractivity contribution < 1.29 is 19.1 Å². The number of hydrogen-bond acceptors (Lipinski definition) is 5. The molecule has 0 aromatic carbocycles. The number of H-pyrrole nitrogens is 1. The van der Waals surface area contributed by atoms with E-state index in [-0.39, 0.29) is 11.3 Å². The van der Waals surface area contributed by atoms with Crippen molar-refractivity contribution in [1.29, 1.82) is 0 Å². The van der Waals surface area contributed by atoms with Crippen LogP contribution in [0, 0.1) is 27.7 Å². The highest BCUT2D eigenvalue weighted by Crippen LogP contribution is 2.41. The first-order valence-electron chi connectivity index (χ1n) is 11.0. The molecule has 0 radical (unpaired) electrons. The number of likely N-dealkylation sites (tertiary alicyclic amines) is 2. The van der Waals surface area contributed by atoms with Gasteiger partial charge in [-0.2, -0.15) is 0 Å². The van der Waals surface area contributed by atoms with Crippen molar-refractivity contribution in [1.82, 2.24) is 14.8 Å². The van der Waals surface area contributed by atoms with E-state index < -0.39 is 17.7 Å². The molecule has 7 nitrogen and oxygen atoms in total. The Morgan fingerprint density at radius 3 is 2.35 bits per heavy atom. The minimum absolute atomic E-state index is 0.100. The number of aromatic amines is 1. The lowest BCUT2D eigenvalue weighted by atomic mass is 9.97. The van der Waals surface area contributed by atoms with Crippen molar-refractivity contribution in [3.63, 3.8) is 0 Å². The Bertz CT molecular complexity index is 1040. The van der Waals surface area contributed by atoms with Crippen LogP contribution in [0.3, 0.4) is 0 Å². The maximum absolute atomic E-state index is 13.1. The van der Waals surface area contributed by atoms with Crippen molar-refractivity contribution in [2.24, 2.45) is 0 Å². The number of nitrogens with one attached hydrogen (secondary N) is 1. The zero-order valence-corrected chi connectivity index (χ0v) is 18.7. The Kier molecular flexibility index (Phi) is 5.79. The first-order valence-corrected chi connectivity index (χ1v) is 11.0. The normalized spacial score (nSPS) is 21.9. The van der Waals surface area contributed by atoms with Crippen LogP contribution >= 0.6 is 0 Å². The zero-order valence-electron chi connectivity index (χ0n) is 18.7. The summed E-state index contributed by atoms with van der Waals surface area (Å²) < 4.78 is 5.86. The molecule has 2 aliphatic rings. The Morgan fingerprint density at radius 2 is 1.77 bits per heavy atom. The van der Waals surface area contributed by atoms with E-state index >= 15 is 0 Å². The number of aromatic nitrogens is 1. The topological polar surface area (TPSA) is 89.8 Å². The van der Waals surface area contributed by atoms with Gasteiger partial charge in [-0.1, -0.05) is 6.42 Å². The number of amides is 1. The highest BCUT2D eigenvalue weighted by atomic mass is 16.3. The summed E-state index contributed by atoms with van der Waals surface area (Å²) in [4.78, 5) is 33.3. The van der Waals surface area contributed by atoms with Gasteiger partial charge in [0.05, 0.1) is 5.57 Å². The first-order chi connectivity index (χ1) is 14.8. The molecular weight excluding hydrogens is 394 g/mol. The number of piperidine rings is 1. The van der Waals surface area contributed by atoms with E-state index in [9.17, 15) is 14.7 Å². The van der Waals surface area contributed by atoms with E-state index in [1.54, 1.807) is 11.0 Å². The van der Waals surface area contributed by atoms with E-state index in [1.165, 1.54) is 6.42 Å². The van der Waals surface area contributed by atoms with Gasteiger partial charge in [0.25, 0.3) is 11.7 Å². The molecule has 2 aromatic heterocycles. The number of aliphatic hydroxyl groups excluding tert-OH is 1. The lowest BCUT2D eigenvalue weighted by Gasteiger charge is -2.30. The molecule has 0 bridgehead atoms. The molecule has 31 heavy (non-hydrogen) atoms. The van der Waals surface area contributed by atoms with Crippen molar-refractivity contribution in [3.8, 4) is 0 Å². The molecule has 1 atom stereocenters. The van der Waals surface area contributed by atoms with Crippen molar-refractivity contribution in [2.75, 3.05) is 26.2 Å². The number of carbonyl (C=O) groups excluding carboxylic acids is 2. The molecule has 2 N–H and O–H groups in total. The largest absolute Gasteiger partial charge is 0.507 e. The molecule has 1 unspecified atom stereocenters. The fourth-order valence-electron chi connectivity index (χ4n) is 4.84. The molecule has 4 rings (SSSR count). The van der Waals surface area contributed by atoms with Gasteiger partial charge >= 0.3 is 0 Å². The minimum atomic E-state index is -0.729. The Morgan fingerprint density at radius 1 is 1.06 bits per heavy atom. The summed E-state index contributed by atoms with van der Waals surface area (Å²) in [5.41, 5.74) is 3.23. The SMILES string of the molecule is Cc1ccc(C2/C(=C(\O)c3c(C)[nH]c(C)c3C)C(=O)C(=O)N2CCN2CCCCC2)o1. The molecular formula is C24H31N3O4. The van der Waals surface area contributed by atoms with E-state index in [4.69, 9.17) is 4.42 Å². The Balaban J connectivity index is 1.76. The lowest BCUT2D eigenvalue weighted by molar-refractivity contribution is -0.140.